The largest absolute Gasteiger partial charge is 0.308 e. The summed E-state index contributed by atoms with van der Waals surface area (Å²) in [5.41, 5.74) is 4.48. The van der Waals surface area contributed by atoms with Gasteiger partial charge in [0.25, 0.3) is 0 Å². The fourth-order valence-corrected chi connectivity index (χ4v) is 2.01. The monoisotopic (exact) mass is 259 g/mol. The number of nitriles is 1. The predicted octanol–water partition coefficient (Wildman–Crippen LogP) is 2.26. The Morgan fingerprint density at radius 3 is 2.78 bits per heavy atom. The Labute approximate surface area is 109 Å². The van der Waals surface area contributed by atoms with Crippen LogP contribution >= 0.6 is 11.6 Å². The van der Waals surface area contributed by atoms with Gasteiger partial charge in [0, 0.05) is 6.20 Å². The van der Waals surface area contributed by atoms with E-state index in [1.165, 1.54) is 0 Å². The first-order valence-corrected chi connectivity index (χ1v) is 5.55. The predicted molar refractivity (Wildman–Crippen MR) is 69.7 cm³/mol. The number of nitrogens with one attached hydrogen (secondary N) is 1. The second kappa shape index (κ2) is 5.00. The molecule has 0 unspecified atom stereocenters. The molecule has 90 valence electrons. The summed E-state index contributed by atoms with van der Waals surface area (Å²) in [7, 11) is 0. The van der Waals surface area contributed by atoms with Crippen LogP contribution < -0.4 is 11.3 Å². The number of anilines is 1. The van der Waals surface area contributed by atoms with Gasteiger partial charge in [-0.15, -0.1) is 0 Å². The lowest BCUT2D eigenvalue weighted by molar-refractivity contribution is 1.14. The number of aryl methyl sites for hydroxylation is 1. The molecule has 0 atom stereocenters. The molecule has 0 amide bonds. The number of nitrogens with zero attached hydrogens (tertiary/aromatic N) is 3. The zero-order valence-corrected chi connectivity index (χ0v) is 10.4. The van der Waals surface area contributed by atoms with Gasteiger partial charge in [0.1, 0.15) is 6.07 Å². The summed E-state index contributed by atoms with van der Waals surface area (Å²) in [5.74, 6) is 5.83. The Morgan fingerprint density at radius 1 is 1.44 bits per heavy atom. The first-order valence-electron chi connectivity index (χ1n) is 5.17. The quantitative estimate of drug-likeness (QED) is 0.638. The summed E-state index contributed by atoms with van der Waals surface area (Å²) >= 11 is 6.23. The van der Waals surface area contributed by atoms with Crippen LogP contribution in [0.2, 0.25) is 5.02 Å². The van der Waals surface area contributed by atoms with Crippen molar-refractivity contribution in [3.63, 3.8) is 0 Å². The minimum Gasteiger partial charge on any atom is -0.308 e. The van der Waals surface area contributed by atoms with Crippen molar-refractivity contribution in [2.24, 2.45) is 5.84 Å². The highest BCUT2D eigenvalue weighted by atomic mass is 35.5. The molecule has 3 N–H and O–H groups in total. The van der Waals surface area contributed by atoms with Crippen LogP contribution in [0.25, 0.3) is 11.3 Å². The van der Waals surface area contributed by atoms with Gasteiger partial charge in [-0.2, -0.15) is 5.26 Å². The van der Waals surface area contributed by atoms with Crippen LogP contribution in [-0.2, 0) is 0 Å². The molecule has 5 nitrogen and oxygen atoms in total. The van der Waals surface area contributed by atoms with Gasteiger partial charge < -0.3 is 5.43 Å². The topological polar surface area (TPSA) is 87.6 Å². The molecule has 0 bridgehead atoms. The Hall–Kier alpha value is -2.16. The molecule has 2 aromatic rings. The van der Waals surface area contributed by atoms with E-state index in [0.717, 1.165) is 0 Å². The van der Waals surface area contributed by atoms with Crippen molar-refractivity contribution in [3.05, 3.63) is 40.7 Å². The van der Waals surface area contributed by atoms with Gasteiger partial charge in [0.15, 0.2) is 5.82 Å². The maximum Gasteiger partial charge on any atom is 0.151 e. The highest BCUT2D eigenvalue weighted by molar-refractivity contribution is 6.35. The maximum atomic E-state index is 9.09. The summed E-state index contributed by atoms with van der Waals surface area (Å²) < 4.78 is 0. The average molecular weight is 260 g/mol. The molecule has 0 radical (unpaired) electrons. The maximum absolute atomic E-state index is 9.09. The van der Waals surface area contributed by atoms with Gasteiger partial charge in [0.2, 0.25) is 0 Å². The van der Waals surface area contributed by atoms with Crippen molar-refractivity contribution in [1.82, 2.24) is 9.97 Å². The number of rotatable bonds is 2. The highest BCUT2D eigenvalue weighted by Gasteiger charge is 2.18. The first-order chi connectivity index (χ1) is 8.69. The fourth-order valence-electron chi connectivity index (χ4n) is 1.65. The van der Waals surface area contributed by atoms with Crippen molar-refractivity contribution in [2.75, 3.05) is 5.43 Å². The summed E-state index contributed by atoms with van der Waals surface area (Å²) in [6, 6.07) is 7.43. The smallest absolute Gasteiger partial charge is 0.151 e. The Balaban J connectivity index is 2.78. The van der Waals surface area contributed by atoms with Gasteiger partial charge in [-0.3, -0.25) is 4.98 Å². The number of aromatic nitrogens is 2. The number of pyridine rings is 2. The third kappa shape index (κ3) is 1.99. The average Bonchev–Trinajstić information content (AvgIpc) is 2.39. The van der Waals surface area contributed by atoms with Crippen LogP contribution in [0.15, 0.2) is 24.4 Å². The molecule has 0 fully saturated rings. The number of nitrogens with two attached hydrogens (primary N) is 1. The fraction of sp³-hybridized carbons (Fsp3) is 0.0833. The van der Waals surface area contributed by atoms with Crippen LogP contribution in [0.3, 0.4) is 0 Å². The second-order valence-corrected chi connectivity index (χ2v) is 3.96. The van der Waals surface area contributed by atoms with Crippen LogP contribution in [-0.4, -0.2) is 9.97 Å². The molecule has 0 aliphatic heterocycles. The molecular formula is C12H10ClN5. The van der Waals surface area contributed by atoms with Crippen molar-refractivity contribution in [1.29, 1.82) is 5.26 Å². The molecule has 0 spiro atoms. The van der Waals surface area contributed by atoms with Gasteiger partial charge in [0.05, 0.1) is 27.5 Å². The summed E-state index contributed by atoms with van der Waals surface area (Å²) in [4.78, 5) is 8.41. The molecule has 0 aromatic carbocycles. The summed E-state index contributed by atoms with van der Waals surface area (Å²) in [6.07, 6.45) is 1.64. The molecule has 2 rings (SSSR count). The number of halogens is 1. The van der Waals surface area contributed by atoms with Gasteiger partial charge in [-0.05, 0) is 19.1 Å². The summed E-state index contributed by atoms with van der Waals surface area (Å²) in [5, 5.41) is 9.39. The van der Waals surface area contributed by atoms with Crippen molar-refractivity contribution in [3.8, 4) is 17.3 Å². The molecule has 0 saturated carbocycles. The normalized spacial score (nSPS) is 9.89. The highest BCUT2D eigenvalue weighted by Crippen LogP contribution is 2.35. The van der Waals surface area contributed by atoms with Gasteiger partial charge >= 0.3 is 0 Å². The molecular weight excluding hydrogens is 250 g/mol. The lowest BCUT2D eigenvalue weighted by Crippen LogP contribution is -2.12. The van der Waals surface area contributed by atoms with E-state index in [1.54, 1.807) is 25.3 Å². The zero-order valence-electron chi connectivity index (χ0n) is 9.61. The number of hydrogen-bond acceptors (Lipinski definition) is 5. The molecule has 2 aromatic heterocycles. The standard InChI is InChI=1S/C12H10ClN5/c1-7-8(6-14)11(13)10(12(17-7)18-15)9-4-2-3-5-16-9/h2-5H,15H2,1H3,(H,17,18). The van der Waals surface area contributed by atoms with E-state index in [4.69, 9.17) is 22.7 Å². The van der Waals surface area contributed by atoms with Crippen molar-refractivity contribution in [2.45, 2.75) is 6.92 Å². The molecule has 2 heterocycles. The van der Waals surface area contributed by atoms with Crippen LogP contribution in [0, 0.1) is 18.3 Å². The van der Waals surface area contributed by atoms with E-state index >= 15 is 0 Å². The SMILES string of the molecule is Cc1nc(NN)c(-c2ccccn2)c(Cl)c1C#N. The minimum atomic E-state index is 0.302. The van der Waals surface area contributed by atoms with E-state index in [1.807, 2.05) is 12.1 Å². The molecule has 0 saturated heterocycles. The third-order valence-electron chi connectivity index (χ3n) is 2.49. The number of hydrazine groups is 1. The Kier molecular flexibility index (Phi) is 3.42. The lowest BCUT2D eigenvalue weighted by atomic mass is 10.1. The van der Waals surface area contributed by atoms with Crippen LogP contribution in [0.1, 0.15) is 11.3 Å². The third-order valence-corrected chi connectivity index (χ3v) is 2.86. The molecule has 6 heteroatoms. The molecule has 18 heavy (non-hydrogen) atoms. The van der Waals surface area contributed by atoms with E-state index < -0.39 is 0 Å². The molecule has 0 aliphatic rings. The van der Waals surface area contributed by atoms with Crippen LogP contribution in [0.5, 0.6) is 0 Å². The number of hydrogen-bond donors (Lipinski definition) is 2. The minimum absolute atomic E-state index is 0.302. The summed E-state index contributed by atoms with van der Waals surface area (Å²) in [6.45, 7) is 1.70. The van der Waals surface area contributed by atoms with E-state index in [2.05, 4.69) is 15.4 Å². The Morgan fingerprint density at radius 2 is 2.22 bits per heavy atom. The molecule has 0 aliphatic carbocycles. The van der Waals surface area contributed by atoms with Crippen molar-refractivity contribution >= 4 is 17.4 Å². The van der Waals surface area contributed by atoms with Gasteiger partial charge in [-0.1, -0.05) is 17.7 Å². The first kappa shape index (κ1) is 12.3. The number of nitrogen functional groups attached to an aromatic ring is 1. The van der Waals surface area contributed by atoms with E-state index in [0.29, 0.717) is 33.4 Å². The second-order valence-electron chi connectivity index (χ2n) is 3.58. The van der Waals surface area contributed by atoms with Crippen LogP contribution in [0.4, 0.5) is 5.82 Å². The van der Waals surface area contributed by atoms with Crippen molar-refractivity contribution < 1.29 is 0 Å². The van der Waals surface area contributed by atoms with E-state index in [9.17, 15) is 0 Å². The van der Waals surface area contributed by atoms with E-state index in [-0.39, 0.29) is 0 Å². The van der Waals surface area contributed by atoms with Gasteiger partial charge in [-0.25, -0.2) is 10.8 Å². The Bertz CT molecular complexity index is 619. The zero-order chi connectivity index (χ0) is 13.1. The lowest BCUT2D eigenvalue weighted by Gasteiger charge is -2.12.